The Kier molecular flexibility index (Phi) is 13.0. The molecule has 5 unspecified atom stereocenters. The lowest BCUT2D eigenvalue weighted by Crippen LogP contribution is -2.28. The van der Waals surface area contributed by atoms with Gasteiger partial charge in [0.15, 0.2) is 48.7 Å². The summed E-state index contributed by atoms with van der Waals surface area (Å²) in [6.45, 7) is 3.18. The maximum atomic E-state index is 14.3. The van der Waals surface area contributed by atoms with Gasteiger partial charge in [-0.25, -0.2) is 0 Å². The number of hydrogen-bond acceptors (Lipinski definition) is 11. The first kappa shape index (κ1) is 36.0. The van der Waals surface area contributed by atoms with E-state index < -0.39 is 12.6 Å². The highest BCUT2D eigenvalue weighted by Gasteiger charge is 2.28. The van der Waals surface area contributed by atoms with E-state index in [2.05, 4.69) is 0 Å². The molecule has 0 aromatic heterocycles. The zero-order chi connectivity index (χ0) is 34.7. The molecular weight excluding hydrogens is 656 g/mol. The third kappa shape index (κ3) is 10.4. The summed E-state index contributed by atoms with van der Waals surface area (Å²) in [6.07, 6.45) is 15.1. The van der Waals surface area contributed by atoms with E-state index in [0.29, 0.717) is 61.8 Å². The average Bonchev–Trinajstić information content (AvgIpc) is 3.17. The standard InChI is InChI=1S/C40H52O11/c41-30(18-16-28-17-19-31(48-36-12-2-7-21-43-36)32(25-28)49-37-13-3-8-22-44-37)40-33(50-38-14-4-9-23-45-38)26-29(47-35-11-1-6-20-42-35)27-34(40)51-39-15-5-10-24-46-39/h16-19,25-27,35-39H,1-15,20-24H2/b18-16+. The summed E-state index contributed by atoms with van der Waals surface area (Å²) >= 11 is 0. The van der Waals surface area contributed by atoms with E-state index in [9.17, 15) is 4.79 Å². The minimum Gasteiger partial charge on any atom is -0.465 e. The maximum Gasteiger partial charge on any atom is 0.200 e. The Labute approximate surface area is 300 Å². The lowest BCUT2D eigenvalue weighted by molar-refractivity contribution is -0.119. The topological polar surface area (TPSA) is 109 Å². The van der Waals surface area contributed by atoms with Crippen LogP contribution in [-0.4, -0.2) is 70.3 Å². The molecule has 0 amide bonds. The highest BCUT2D eigenvalue weighted by Crippen LogP contribution is 2.39. The SMILES string of the molecule is O=C(/C=C/c1ccc(OC2CCCCO2)c(OC2CCCCO2)c1)c1c(OC2CCCCO2)cc(OC2CCCCO2)cc1OC1CCCCO1. The molecule has 5 fully saturated rings. The Morgan fingerprint density at radius 1 is 0.490 bits per heavy atom. The fourth-order valence-electron chi connectivity index (χ4n) is 6.87. The Bertz CT molecular complexity index is 1390. The van der Waals surface area contributed by atoms with Crippen LogP contribution in [0.1, 0.15) is 112 Å². The second kappa shape index (κ2) is 18.4. The van der Waals surface area contributed by atoms with E-state index in [0.717, 1.165) is 102 Å². The molecule has 5 heterocycles. The van der Waals surface area contributed by atoms with Crippen LogP contribution in [0.5, 0.6) is 28.7 Å². The Morgan fingerprint density at radius 2 is 0.902 bits per heavy atom. The largest absolute Gasteiger partial charge is 0.465 e. The van der Waals surface area contributed by atoms with Crippen LogP contribution in [0.2, 0.25) is 0 Å². The molecule has 5 atom stereocenters. The van der Waals surface area contributed by atoms with E-state index in [-0.39, 0.29) is 30.2 Å². The Morgan fingerprint density at radius 3 is 1.33 bits per heavy atom. The molecule has 0 radical (unpaired) electrons. The molecule has 51 heavy (non-hydrogen) atoms. The van der Waals surface area contributed by atoms with Gasteiger partial charge >= 0.3 is 0 Å². The first-order valence-corrected chi connectivity index (χ1v) is 19.1. The van der Waals surface area contributed by atoms with E-state index in [1.807, 2.05) is 18.2 Å². The van der Waals surface area contributed by atoms with Gasteiger partial charge in [-0.1, -0.05) is 12.1 Å². The van der Waals surface area contributed by atoms with E-state index >= 15 is 0 Å². The van der Waals surface area contributed by atoms with Gasteiger partial charge in [-0.15, -0.1) is 0 Å². The van der Waals surface area contributed by atoms with Crippen molar-refractivity contribution in [2.24, 2.45) is 0 Å². The molecule has 0 aliphatic carbocycles. The van der Waals surface area contributed by atoms with E-state index in [1.54, 1.807) is 18.2 Å². The second-order valence-corrected chi connectivity index (χ2v) is 13.8. The lowest BCUT2D eigenvalue weighted by atomic mass is 10.0. The summed E-state index contributed by atoms with van der Waals surface area (Å²) < 4.78 is 61.2. The molecule has 278 valence electrons. The molecular formula is C40H52O11. The fourth-order valence-corrected chi connectivity index (χ4v) is 6.87. The lowest BCUT2D eigenvalue weighted by Gasteiger charge is -2.28. The summed E-state index contributed by atoms with van der Waals surface area (Å²) in [5.41, 5.74) is 1.05. The van der Waals surface area contributed by atoms with Crippen LogP contribution in [-0.2, 0) is 23.7 Å². The van der Waals surface area contributed by atoms with Crippen molar-refractivity contribution in [2.45, 2.75) is 128 Å². The zero-order valence-corrected chi connectivity index (χ0v) is 29.6. The molecule has 0 spiro atoms. The zero-order valence-electron chi connectivity index (χ0n) is 29.6. The number of allylic oxidation sites excluding steroid dienone is 1. The molecule has 0 saturated carbocycles. The van der Waals surface area contributed by atoms with Gasteiger partial charge in [0.05, 0.1) is 33.0 Å². The van der Waals surface area contributed by atoms with Crippen molar-refractivity contribution >= 4 is 11.9 Å². The second-order valence-electron chi connectivity index (χ2n) is 13.8. The predicted octanol–water partition coefficient (Wildman–Crippen LogP) is 8.11. The van der Waals surface area contributed by atoms with Gasteiger partial charge in [0.25, 0.3) is 0 Å². The molecule has 0 bridgehead atoms. The highest BCUT2D eigenvalue weighted by atomic mass is 16.7. The quantitative estimate of drug-likeness (QED) is 0.149. The minimum absolute atomic E-state index is 0.285. The fraction of sp³-hybridized carbons (Fsp3) is 0.625. The Hall–Kier alpha value is -3.35. The normalized spacial score (nSPS) is 27.4. The molecule has 5 saturated heterocycles. The van der Waals surface area contributed by atoms with Crippen LogP contribution in [0.3, 0.4) is 0 Å². The van der Waals surface area contributed by atoms with E-state index in [1.165, 1.54) is 6.08 Å². The van der Waals surface area contributed by atoms with Crippen LogP contribution in [0.25, 0.3) is 6.08 Å². The highest BCUT2D eigenvalue weighted by molar-refractivity contribution is 6.10. The van der Waals surface area contributed by atoms with Crippen molar-refractivity contribution in [1.82, 2.24) is 0 Å². The number of benzene rings is 2. The third-order valence-electron chi connectivity index (χ3n) is 9.67. The van der Waals surface area contributed by atoms with Crippen LogP contribution in [0, 0.1) is 0 Å². The monoisotopic (exact) mass is 708 g/mol. The van der Waals surface area contributed by atoms with Gasteiger partial charge < -0.3 is 47.4 Å². The maximum absolute atomic E-state index is 14.3. The van der Waals surface area contributed by atoms with Gasteiger partial charge in [-0.3, -0.25) is 4.79 Å². The number of carbonyl (C=O) groups is 1. The summed E-state index contributed by atoms with van der Waals surface area (Å²) in [5, 5.41) is 0. The predicted molar refractivity (Wildman–Crippen MR) is 187 cm³/mol. The van der Waals surface area contributed by atoms with Gasteiger partial charge in [0, 0.05) is 44.2 Å². The van der Waals surface area contributed by atoms with Crippen molar-refractivity contribution in [1.29, 1.82) is 0 Å². The van der Waals surface area contributed by atoms with Gasteiger partial charge in [-0.2, -0.15) is 0 Å². The molecule has 11 nitrogen and oxygen atoms in total. The van der Waals surface area contributed by atoms with E-state index in [4.69, 9.17) is 47.4 Å². The van der Waals surface area contributed by atoms with Gasteiger partial charge in [-0.05, 0) is 88.0 Å². The minimum atomic E-state index is -0.489. The Balaban J connectivity index is 1.18. The average molecular weight is 709 g/mol. The van der Waals surface area contributed by atoms with Crippen molar-refractivity contribution in [2.75, 3.05) is 33.0 Å². The number of ether oxygens (including phenoxy) is 10. The molecule has 5 aliphatic heterocycles. The summed E-state index contributed by atoms with van der Waals surface area (Å²) in [6, 6.07) is 9.14. The van der Waals surface area contributed by atoms with Crippen LogP contribution >= 0.6 is 0 Å². The summed E-state index contributed by atoms with van der Waals surface area (Å²) in [5.74, 6) is 2.03. The van der Waals surface area contributed by atoms with Crippen molar-refractivity contribution in [3.8, 4) is 28.7 Å². The number of hydrogen-bond donors (Lipinski definition) is 0. The molecule has 5 aliphatic rings. The van der Waals surface area contributed by atoms with Crippen molar-refractivity contribution in [3.63, 3.8) is 0 Å². The first-order valence-electron chi connectivity index (χ1n) is 19.1. The molecule has 0 N–H and O–H groups in total. The number of rotatable bonds is 13. The van der Waals surface area contributed by atoms with Gasteiger partial charge in [0.1, 0.15) is 22.8 Å². The third-order valence-corrected chi connectivity index (χ3v) is 9.67. The molecule has 2 aromatic carbocycles. The van der Waals surface area contributed by atoms with Crippen LogP contribution in [0.15, 0.2) is 36.4 Å². The van der Waals surface area contributed by atoms with Crippen molar-refractivity contribution < 1.29 is 52.2 Å². The smallest absolute Gasteiger partial charge is 0.200 e. The first-order chi connectivity index (χ1) is 25.2. The van der Waals surface area contributed by atoms with Gasteiger partial charge in [0.2, 0.25) is 0 Å². The van der Waals surface area contributed by atoms with Crippen LogP contribution in [0.4, 0.5) is 0 Å². The number of carbonyl (C=O) groups excluding carboxylic acids is 1. The molecule has 11 heteroatoms. The van der Waals surface area contributed by atoms with Crippen molar-refractivity contribution in [3.05, 3.63) is 47.5 Å². The number of ketones is 1. The molecule has 2 aromatic rings. The van der Waals surface area contributed by atoms with Crippen LogP contribution < -0.4 is 23.7 Å². The summed E-state index contributed by atoms with van der Waals surface area (Å²) in [7, 11) is 0. The molecule has 7 rings (SSSR count). The summed E-state index contributed by atoms with van der Waals surface area (Å²) in [4.78, 5) is 14.3.